The van der Waals surface area contributed by atoms with Gasteiger partial charge in [-0.15, -0.1) is 11.8 Å². The van der Waals surface area contributed by atoms with Gasteiger partial charge in [-0.05, 0) is 36.4 Å². The number of rotatable bonds is 3. The molecule has 0 unspecified atom stereocenters. The molecule has 0 heterocycles. The highest BCUT2D eigenvalue weighted by atomic mass is 32.2. The maximum absolute atomic E-state index is 10.4. The van der Waals surface area contributed by atoms with E-state index in [4.69, 9.17) is 5.11 Å². The summed E-state index contributed by atoms with van der Waals surface area (Å²) in [6, 6.07) is 7.83. The van der Waals surface area contributed by atoms with Crippen molar-refractivity contribution >= 4 is 23.3 Å². The van der Waals surface area contributed by atoms with E-state index in [2.05, 4.69) is 0 Å². The monoisotopic (exact) mass is 208 g/mol. The summed E-state index contributed by atoms with van der Waals surface area (Å²) in [5.41, 5.74) is 1.72. The number of hydrogen-bond acceptors (Lipinski definition) is 2. The molecule has 3 heteroatoms. The number of thioether (sulfide) groups is 1. The summed E-state index contributed by atoms with van der Waals surface area (Å²) in [4.78, 5) is 11.6. The van der Waals surface area contributed by atoms with Crippen LogP contribution in [0.1, 0.15) is 12.5 Å². The number of aliphatic carboxylic acids is 1. The van der Waals surface area contributed by atoms with Gasteiger partial charge in [-0.3, -0.25) is 0 Å². The van der Waals surface area contributed by atoms with Crippen LogP contribution in [0, 0.1) is 0 Å². The van der Waals surface area contributed by atoms with Crippen LogP contribution in [0.5, 0.6) is 0 Å². The number of carboxylic acids is 1. The molecule has 2 nitrogen and oxygen atoms in total. The van der Waals surface area contributed by atoms with Gasteiger partial charge in [0.1, 0.15) is 0 Å². The molecule has 0 radical (unpaired) electrons. The van der Waals surface area contributed by atoms with E-state index in [1.807, 2.05) is 30.5 Å². The Labute approximate surface area is 87.6 Å². The Balaban J connectivity index is 2.92. The molecule has 0 bridgehead atoms. The first-order valence-electron chi connectivity index (χ1n) is 4.19. The molecular weight excluding hydrogens is 196 g/mol. The third-order valence-corrected chi connectivity index (χ3v) is 2.63. The normalized spacial score (nSPS) is 11.4. The van der Waals surface area contributed by atoms with Gasteiger partial charge in [-0.25, -0.2) is 4.79 Å². The Kier molecular flexibility index (Phi) is 3.77. The predicted octanol–water partition coefficient (Wildman–Crippen LogP) is 2.90. The van der Waals surface area contributed by atoms with Crippen LogP contribution >= 0.6 is 11.8 Å². The number of carbonyl (C=O) groups is 1. The SMILES string of the molecule is CSc1ccc(/C(C)=C/C(=O)O)cc1. The average molecular weight is 208 g/mol. The van der Waals surface area contributed by atoms with E-state index in [1.54, 1.807) is 18.7 Å². The molecule has 14 heavy (non-hydrogen) atoms. The summed E-state index contributed by atoms with van der Waals surface area (Å²) < 4.78 is 0. The van der Waals surface area contributed by atoms with Gasteiger partial charge >= 0.3 is 5.97 Å². The van der Waals surface area contributed by atoms with E-state index in [1.165, 1.54) is 11.0 Å². The second kappa shape index (κ2) is 4.86. The fraction of sp³-hybridized carbons (Fsp3) is 0.182. The predicted molar refractivity (Wildman–Crippen MR) is 59.5 cm³/mol. The fourth-order valence-corrected chi connectivity index (χ4v) is 1.53. The largest absolute Gasteiger partial charge is 0.478 e. The van der Waals surface area contributed by atoms with E-state index >= 15 is 0 Å². The summed E-state index contributed by atoms with van der Waals surface area (Å²) in [5.74, 6) is -0.906. The first-order valence-corrected chi connectivity index (χ1v) is 5.41. The minimum atomic E-state index is -0.906. The molecule has 0 aliphatic heterocycles. The Hall–Kier alpha value is -1.22. The lowest BCUT2D eigenvalue weighted by molar-refractivity contribution is -0.131. The van der Waals surface area contributed by atoms with Crippen LogP contribution in [0.25, 0.3) is 5.57 Å². The molecule has 0 amide bonds. The molecule has 0 spiro atoms. The molecule has 74 valence electrons. The second-order valence-electron chi connectivity index (χ2n) is 2.89. The summed E-state index contributed by atoms with van der Waals surface area (Å²) in [6.45, 7) is 1.79. The molecule has 0 aliphatic rings. The van der Waals surface area contributed by atoms with Crippen molar-refractivity contribution in [1.29, 1.82) is 0 Å². The second-order valence-corrected chi connectivity index (χ2v) is 3.77. The summed E-state index contributed by atoms with van der Waals surface area (Å²) in [6.07, 6.45) is 3.23. The minimum absolute atomic E-state index is 0.769. The highest BCUT2D eigenvalue weighted by Gasteiger charge is 1.98. The lowest BCUT2D eigenvalue weighted by atomic mass is 10.1. The standard InChI is InChI=1S/C11H12O2S/c1-8(7-11(12)13)9-3-5-10(14-2)6-4-9/h3-7H,1-2H3,(H,12,13)/b8-7+. The molecule has 1 N–H and O–H groups in total. The maximum atomic E-state index is 10.4. The lowest BCUT2D eigenvalue weighted by Crippen LogP contribution is -1.89. The van der Waals surface area contributed by atoms with Gasteiger partial charge in [-0.1, -0.05) is 12.1 Å². The van der Waals surface area contributed by atoms with Crippen molar-refractivity contribution in [2.24, 2.45) is 0 Å². The Bertz CT molecular complexity index is 352. The van der Waals surface area contributed by atoms with E-state index < -0.39 is 5.97 Å². The van der Waals surface area contributed by atoms with Gasteiger partial charge in [-0.2, -0.15) is 0 Å². The van der Waals surface area contributed by atoms with E-state index in [9.17, 15) is 4.79 Å². The van der Waals surface area contributed by atoms with Crippen molar-refractivity contribution in [3.8, 4) is 0 Å². The van der Waals surface area contributed by atoms with Crippen LogP contribution < -0.4 is 0 Å². The number of carboxylic acid groups (broad SMARTS) is 1. The average Bonchev–Trinajstić information content (AvgIpc) is 2.17. The van der Waals surface area contributed by atoms with Crippen LogP contribution in [-0.2, 0) is 4.79 Å². The van der Waals surface area contributed by atoms with Crippen molar-refractivity contribution in [2.45, 2.75) is 11.8 Å². The molecule has 0 aromatic heterocycles. The first kappa shape index (κ1) is 10.9. The topological polar surface area (TPSA) is 37.3 Å². The summed E-state index contributed by atoms with van der Waals surface area (Å²) in [7, 11) is 0. The Morgan fingerprint density at radius 2 is 1.93 bits per heavy atom. The summed E-state index contributed by atoms with van der Waals surface area (Å²) in [5, 5.41) is 8.57. The van der Waals surface area contributed by atoms with Crippen LogP contribution in [0.2, 0.25) is 0 Å². The molecule has 0 atom stereocenters. The lowest BCUT2D eigenvalue weighted by Gasteiger charge is -2.01. The van der Waals surface area contributed by atoms with Crippen LogP contribution in [0.4, 0.5) is 0 Å². The van der Waals surface area contributed by atoms with Gasteiger partial charge in [0.15, 0.2) is 0 Å². The van der Waals surface area contributed by atoms with Crippen LogP contribution in [-0.4, -0.2) is 17.3 Å². The maximum Gasteiger partial charge on any atom is 0.328 e. The molecule has 1 aromatic rings. The van der Waals surface area contributed by atoms with Crippen LogP contribution in [0.3, 0.4) is 0 Å². The zero-order valence-electron chi connectivity index (χ0n) is 8.15. The van der Waals surface area contributed by atoms with Crippen molar-refractivity contribution in [3.05, 3.63) is 35.9 Å². The molecule has 0 aliphatic carbocycles. The highest BCUT2D eigenvalue weighted by molar-refractivity contribution is 7.98. The van der Waals surface area contributed by atoms with E-state index in [0.29, 0.717) is 0 Å². The molecule has 0 saturated heterocycles. The van der Waals surface area contributed by atoms with Gasteiger partial charge in [0.05, 0.1) is 0 Å². The van der Waals surface area contributed by atoms with Gasteiger partial charge in [0, 0.05) is 11.0 Å². The number of benzene rings is 1. The Morgan fingerprint density at radius 1 is 1.36 bits per heavy atom. The quantitative estimate of drug-likeness (QED) is 0.613. The number of hydrogen-bond donors (Lipinski definition) is 1. The molecule has 0 fully saturated rings. The Morgan fingerprint density at radius 3 is 2.36 bits per heavy atom. The van der Waals surface area contributed by atoms with Crippen molar-refractivity contribution in [2.75, 3.05) is 6.26 Å². The van der Waals surface area contributed by atoms with E-state index in [0.717, 1.165) is 11.1 Å². The third-order valence-electron chi connectivity index (χ3n) is 1.89. The van der Waals surface area contributed by atoms with Crippen molar-refractivity contribution in [3.63, 3.8) is 0 Å². The highest BCUT2D eigenvalue weighted by Crippen LogP contribution is 2.19. The molecule has 0 saturated carbocycles. The fourth-order valence-electron chi connectivity index (χ4n) is 1.12. The molecule has 1 aromatic carbocycles. The smallest absolute Gasteiger partial charge is 0.328 e. The zero-order valence-corrected chi connectivity index (χ0v) is 8.97. The van der Waals surface area contributed by atoms with Gasteiger partial charge < -0.3 is 5.11 Å². The number of allylic oxidation sites excluding steroid dienone is 1. The van der Waals surface area contributed by atoms with Crippen molar-refractivity contribution < 1.29 is 9.90 Å². The first-order chi connectivity index (χ1) is 6.63. The summed E-state index contributed by atoms with van der Waals surface area (Å²) >= 11 is 1.67. The zero-order chi connectivity index (χ0) is 10.6. The van der Waals surface area contributed by atoms with Crippen LogP contribution in [0.15, 0.2) is 35.2 Å². The van der Waals surface area contributed by atoms with E-state index in [-0.39, 0.29) is 0 Å². The third kappa shape index (κ3) is 2.92. The molecule has 1 rings (SSSR count). The van der Waals surface area contributed by atoms with Gasteiger partial charge in [0.2, 0.25) is 0 Å². The van der Waals surface area contributed by atoms with Crippen molar-refractivity contribution in [1.82, 2.24) is 0 Å². The minimum Gasteiger partial charge on any atom is -0.478 e. The van der Waals surface area contributed by atoms with Gasteiger partial charge in [0.25, 0.3) is 0 Å². The molecular formula is C11H12O2S.